The van der Waals surface area contributed by atoms with E-state index in [1.807, 2.05) is 73.3 Å². The molecule has 0 bridgehead atoms. The third-order valence-electron chi connectivity index (χ3n) is 6.06. The largest absolute Gasteiger partial charge is 0.497 e. The van der Waals surface area contributed by atoms with Crippen LogP contribution in [0.4, 0.5) is 0 Å². The number of methoxy groups -OCH3 is 1. The predicted molar refractivity (Wildman–Crippen MR) is 127 cm³/mol. The van der Waals surface area contributed by atoms with Crippen molar-refractivity contribution in [2.75, 3.05) is 26.7 Å². The van der Waals surface area contributed by atoms with E-state index in [9.17, 15) is 13.2 Å². The van der Waals surface area contributed by atoms with Crippen molar-refractivity contribution >= 4 is 22.0 Å². The van der Waals surface area contributed by atoms with Gasteiger partial charge in [0, 0.05) is 31.0 Å². The first-order chi connectivity index (χ1) is 15.4. The smallest absolute Gasteiger partial charge is 0.236 e. The van der Waals surface area contributed by atoms with Gasteiger partial charge in [0.1, 0.15) is 5.75 Å². The van der Waals surface area contributed by atoms with E-state index in [2.05, 4.69) is 0 Å². The summed E-state index contributed by atoms with van der Waals surface area (Å²) >= 11 is 0. The second kappa shape index (κ2) is 10.8. The summed E-state index contributed by atoms with van der Waals surface area (Å²) in [4.78, 5) is 15.2. The molecule has 0 aliphatic carbocycles. The zero-order valence-electron chi connectivity index (χ0n) is 19.0. The highest BCUT2D eigenvalue weighted by molar-refractivity contribution is 7.92. The average Bonchev–Trinajstić information content (AvgIpc) is 2.84. The summed E-state index contributed by atoms with van der Waals surface area (Å²) in [5.41, 5.74) is 1.86. The van der Waals surface area contributed by atoms with Gasteiger partial charge in [0.25, 0.3) is 0 Å². The predicted octanol–water partition coefficient (Wildman–Crippen LogP) is 4.32. The van der Waals surface area contributed by atoms with Gasteiger partial charge in [-0.15, -0.1) is 0 Å². The van der Waals surface area contributed by atoms with E-state index < -0.39 is 10.0 Å². The molecule has 1 unspecified atom stereocenters. The van der Waals surface area contributed by atoms with E-state index in [1.54, 1.807) is 13.2 Å². The summed E-state index contributed by atoms with van der Waals surface area (Å²) in [7, 11) is -1.88. The van der Waals surface area contributed by atoms with Gasteiger partial charge in [0.15, 0.2) is 0 Å². The van der Waals surface area contributed by atoms with Gasteiger partial charge in [0.05, 0.1) is 13.2 Å². The number of nitrogens with zero attached hydrogens (tertiary/aromatic N) is 2. The molecular weight excluding hydrogens is 424 g/mol. The summed E-state index contributed by atoms with van der Waals surface area (Å²) < 4.78 is 32.2. The molecule has 1 aliphatic rings. The lowest BCUT2D eigenvalue weighted by Crippen LogP contribution is -2.44. The van der Waals surface area contributed by atoms with Crippen molar-refractivity contribution in [1.82, 2.24) is 9.21 Å². The first kappa shape index (κ1) is 24.0. The van der Waals surface area contributed by atoms with Gasteiger partial charge in [-0.05, 0) is 56.0 Å². The minimum Gasteiger partial charge on any atom is -0.497 e. The van der Waals surface area contributed by atoms with Crippen LogP contribution in [-0.2, 0) is 14.8 Å². The van der Waals surface area contributed by atoms with Crippen LogP contribution in [0.15, 0.2) is 60.0 Å². The van der Waals surface area contributed by atoms with Crippen LogP contribution in [0, 0.1) is 5.92 Å². The number of rotatable bonds is 8. The Bertz CT molecular complexity index is 1030. The highest BCUT2D eigenvalue weighted by Crippen LogP contribution is 2.29. The van der Waals surface area contributed by atoms with Gasteiger partial charge in [-0.1, -0.05) is 42.5 Å². The maximum atomic E-state index is 13.3. The summed E-state index contributed by atoms with van der Waals surface area (Å²) in [6, 6.07) is 17.0. The van der Waals surface area contributed by atoms with Gasteiger partial charge in [-0.3, -0.25) is 4.79 Å². The van der Waals surface area contributed by atoms with Gasteiger partial charge in [0.2, 0.25) is 15.9 Å². The summed E-state index contributed by atoms with van der Waals surface area (Å²) in [6.45, 7) is 5.29. The molecule has 2 aromatic rings. The van der Waals surface area contributed by atoms with Crippen LogP contribution in [0.2, 0.25) is 0 Å². The van der Waals surface area contributed by atoms with Crippen LogP contribution in [0.1, 0.15) is 43.9 Å². The molecule has 2 aromatic carbocycles. The van der Waals surface area contributed by atoms with E-state index in [4.69, 9.17) is 4.74 Å². The standard InChI is InChI=1S/C25H32N2O4S/c1-4-27(20(2)23-11-8-12-24(19-23)31-3)25(28)22-13-16-26(17-14-22)32(29,30)18-15-21-9-6-5-7-10-21/h5-12,15,18-20,22H,4,13-14,16-17H2,1-3H3/b18-15+. The molecule has 0 aromatic heterocycles. The fourth-order valence-corrected chi connectivity index (χ4v) is 5.33. The zero-order valence-corrected chi connectivity index (χ0v) is 19.8. The highest BCUT2D eigenvalue weighted by Gasteiger charge is 2.33. The van der Waals surface area contributed by atoms with E-state index in [0.717, 1.165) is 16.9 Å². The quantitative estimate of drug-likeness (QED) is 0.593. The number of ether oxygens (including phenoxy) is 1. The summed E-state index contributed by atoms with van der Waals surface area (Å²) in [6.07, 6.45) is 2.67. The number of hydrogen-bond acceptors (Lipinski definition) is 4. The van der Waals surface area contributed by atoms with Gasteiger partial charge >= 0.3 is 0 Å². The molecule has 0 N–H and O–H groups in total. The van der Waals surface area contributed by atoms with Gasteiger partial charge in [-0.25, -0.2) is 8.42 Å². The van der Waals surface area contributed by atoms with Crippen molar-refractivity contribution in [3.63, 3.8) is 0 Å². The molecule has 1 fully saturated rings. The Morgan fingerprint density at radius 2 is 1.84 bits per heavy atom. The number of benzene rings is 2. The molecule has 1 heterocycles. The van der Waals surface area contributed by atoms with E-state index in [0.29, 0.717) is 32.5 Å². The molecule has 3 rings (SSSR count). The molecule has 1 saturated heterocycles. The third kappa shape index (κ3) is 5.78. The molecule has 7 heteroatoms. The topological polar surface area (TPSA) is 66.9 Å². The lowest BCUT2D eigenvalue weighted by molar-refractivity contribution is -0.138. The van der Waals surface area contributed by atoms with Crippen molar-refractivity contribution in [3.8, 4) is 5.75 Å². The maximum absolute atomic E-state index is 13.3. The molecule has 0 spiro atoms. The van der Waals surface area contributed by atoms with Crippen molar-refractivity contribution in [2.45, 2.75) is 32.7 Å². The van der Waals surface area contributed by atoms with Crippen molar-refractivity contribution in [1.29, 1.82) is 0 Å². The average molecular weight is 457 g/mol. The number of sulfonamides is 1. The Kier molecular flexibility index (Phi) is 8.10. The van der Waals surface area contributed by atoms with Crippen molar-refractivity contribution < 1.29 is 17.9 Å². The second-order valence-corrected chi connectivity index (χ2v) is 9.83. The Balaban J connectivity index is 1.62. The third-order valence-corrected chi connectivity index (χ3v) is 7.63. The number of hydrogen-bond donors (Lipinski definition) is 0. The number of piperidine rings is 1. The van der Waals surface area contributed by atoms with E-state index in [1.165, 1.54) is 9.71 Å². The minimum absolute atomic E-state index is 0.0831. The summed E-state index contributed by atoms with van der Waals surface area (Å²) in [5, 5.41) is 1.26. The first-order valence-electron chi connectivity index (χ1n) is 11.0. The van der Waals surface area contributed by atoms with E-state index >= 15 is 0 Å². The van der Waals surface area contributed by atoms with Crippen molar-refractivity contribution in [2.24, 2.45) is 5.92 Å². The molecule has 1 atom stereocenters. The van der Waals surface area contributed by atoms with Gasteiger partial charge in [-0.2, -0.15) is 4.31 Å². The Labute approximate surface area is 191 Å². The Morgan fingerprint density at radius 3 is 2.47 bits per heavy atom. The monoisotopic (exact) mass is 456 g/mol. The van der Waals surface area contributed by atoms with Crippen molar-refractivity contribution in [3.05, 3.63) is 71.1 Å². The number of carbonyl (C=O) groups is 1. The van der Waals surface area contributed by atoms with Crippen LogP contribution in [0.25, 0.3) is 6.08 Å². The molecule has 1 amide bonds. The van der Waals surface area contributed by atoms with E-state index in [-0.39, 0.29) is 17.9 Å². The second-order valence-electron chi connectivity index (χ2n) is 8.01. The molecule has 172 valence electrons. The van der Waals surface area contributed by atoms with Crippen LogP contribution in [0.3, 0.4) is 0 Å². The van der Waals surface area contributed by atoms with Crippen LogP contribution in [0.5, 0.6) is 5.75 Å². The van der Waals surface area contributed by atoms with Crippen LogP contribution < -0.4 is 4.74 Å². The molecular formula is C25H32N2O4S. The fraction of sp³-hybridized carbons (Fsp3) is 0.400. The zero-order chi connectivity index (χ0) is 23.1. The normalized spacial score (nSPS) is 16.7. The summed E-state index contributed by atoms with van der Waals surface area (Å²) in [5.74, 6) is 0.673. The highest BCUT2D eigenvalue weighted by atomic mass is 32.2. The molecule has 0 saturated carbocycles. The Morgan fingerprint density at radius 1 is 1.16 bits per heavy atom. The Hall–Kier alpha value is -2.64. The first-order valence-corrected chi connectivity index (χ1v) is 12.5. The molecule has 6 nitrogen and oxygen atoms in total. The number of amides is 1. The van der Waals surface area contributed by atoms with Crippen LogP contribution >= 0.6 is 0 Å². The SMILES string of the molecule is CCN(C(=O)C1CCN(S(=O)(=O)/C=C/c2ccccc2)CC1)C(C)c1cccc(OC)c1. The molecule has 0 radical (unpaired) electrons. The minimum atomic E-state index is -3.51. The lowest BCUT2D eigenvalue weighted by atomic mass is 9.95. The van der Waals surface area contributed by atoms with Crippen LogP contribution in [-0.4, -0.2) is 50.3 Å². The number of carbonyl (C=O) groups excluding carboxylic acids is 1. The lowest BCUT2D eigenvalue weighted by Gasteiger charge is -2.35. The molecule has 1 aliphatic heterocycles. The molecule has 32 heavy (non-hydrogen) atoms. The van der Waals surface area contributed by atoms with Gasteiger partial charge < -0.3 is 9.64 Å². The maximum Gasteiger partial charge on any atom is 0.236 e. The fourth-order valence-electron chi connectivity index (χ4n) is 4.11.